The molecule has 0 atom stereocenters. The molecule has 4 rings (SSSR count). The monoisotopic (exact) mass is 461 g/mol. The van der Waals surface area contributed by atoms with Crippen LogP contribution in [0.25, 0.3) is 0 Å². The predicted octanol–water partition coefficient (Wildman–Crippen LogP) is 3.21. The highest BCUT2D eigenvalue weighted by atomic mass is 32.2. The Morgan fingerprint density at radius 1 is 1.03 bits per heavy atom. The quantitative estimate of drug-likeness (QED) is 0.571. The summed E-state index contributed by atoms with van der Waals surface area (Å²) in [6, 6.07) is 12.1. The number of benzene rings is 1. The zero-order chi connectivity index (χ0) is 21.1. The molecule has 0 aliphatic carbocycles. The van der Waals surface area contributed by atoms with Gasteiger partial charge in [-0.3, -0.25) is 13.9 Å². The van der Waals surface area contributed by atoms with Crippen LogP contribution in [0.15, 0.2) is 57.4 Å². The van der Waals surface area contributed by atoms with Crippen LogP contribution in [0.1, 0.15) is 16.9 Å². The van der Waals surface area contributed by atoms with E-state index in [1.54, 1.807) is 35.7 Å². The number of rotatable bonds is 5. The summed E-state index contributed by atoms with van der Waals surface area (Å²) in [5.74, 6) is -1.54. The maximum atomic E-state index is 13.0. The molecule has 0 unspecified atom stereocenters. The fourth-order valence-electron chi connectivity index (χ4n) is 3.24. The van der Waals surface area contributed by atoms with Gasteiger partial charge in [0.05, 0.1) is 12.2 Å². The Kier molecular flexibility index (Phi) is 5.89. The Hall–Kier alpha value is -2.69. The first-order valence-corrected chi connectivity index (χ1v) is 12.5. The van der Waals surface area contributed by atoms with Crippen molar-refractivity contribution in [1.82, 2.24) is 5.32 Å². The van der Waals surface area contributed by atoms with Gasteiger partial charge in [0.25, 0.3) is 10.0 Å². The number of anilines is 2. The van der Waals surface area contributed by atoms with Crippen LogP contribution < -0.4 is 14.9 Å². The van der Waals surface area contributed by atoms with Crippen molar-refractivity contribution < 1.29 is 18.0 Å². The van der Waals surface area contributed by atoms with Gasteiger partial charge in [-0.2, -0.15) is 0 Å². The molecule has 7 nitrogen and oxygen atoms in total. The Morgan fingerprint density at radius 3 is 2.57 bits per heavy atom. The van der Waals surface area contributed by atoms with Gasteiger partial charge in [-0.25, -0.2) is 8.42 Å². The van der Waals surface area contributed by atoms with Crippen LogP contribution in [0.2, 0.25) is 0 Å². The Labute approximate surface area is 182 Å². The number of hydrogen-bond donors (Lipinski definition) is 2. The summed E-state index contributed by atoms with van der Waals surface area (Å²) in [4.78, 5) is 25.3. The van der Waals surface area contributed by atoms with Gasteiger partial charge in [0, 0.05) is 17.1 Å². The van der Waals surface area contributed by atoms with Crippen LogP contribution >= 0.6 is 22.7 Å². The molecule has 10 heteroatoms. The van der Waals surface area contributed by atoms with Crippen molar-refractivity contribution in [1.29, 1.82) is 0 Å². The molecule has 156 valence electrons. The number of nitrogens with zero attached hydrogens (tertiary/aromatic N) is 1. The number of aryl methyl sites for hydroxylation is 1. The number of carbonyl (C=O) groups excluding carboxylic acids is 2. The second kappa shape index (κ2) is 8.58. The molecule has 0 fully saturated rings. The van der Waals surface area contributed by atoms with E-state index < -0.39 is 21.8 Å². The summed E-state index contributed by atoms with van der Waals surface area (Å²) in [6.45, 7) is 0.646. The van der Waals surface area contributed by atoms with Gasteiger partial charge in [0.15, 0.2) is 0 Å². The lowest BCUT2D eigenvalue weighted by atomic mass is 10.0. The Bertz CT molecular complexity index is 1160. The Morgan fingerprint density at radius 2 is 1.83 bits per heavy atom. The molecule has 2 N–H and O–H groups in total. The molecule has 0 saturated carbocycles. The standard InChI is InChI=1S/C20H19N3O4S3/c24-19(21-13-16-5-2-10-28-16)20(25)22-15-8-7-14-4-1-9-23(17(14)12-15)30(26,27)18-6-3-11-29-18/h2-3,5-8,10-12H,1,4,9,13H2,(H,21,24)(H,22,25). The van der Waals surface area contributed by atoms with Crippen molar-refractivity contribution in [3.8, 4) is 0 Å². The molecular formula is C20H19N3O4S3. The first-order valence-electron chi connectivity index (χ1n) is 9.26. The highest BCUT2D eigenvalue weighted by Gasteiger charge is 2.30. The van der Waals surface area contributed by atoms with E-state index in [9.17, 15) is 18.0 Å². The molecule has 30 heavy (non-hydrogen) atoms. The van der Waals surface area contributed by atoms with E-state index >= 15 is 0 Å². The van der Waals surface area contributed by atoms with Crippen molar-refractivity contribution >= 4 is 55.9 Å². The smallest absolute Gasteiger partial charge is 0.313 e. The number of thiophene rings is 2. The van der Waals surface area contributed by atoms with E-state index in [1.165, 1.54) is 27.0 Å². The maximum absolute atomic E-state index is 13.0. The minimum Gasteiger partial charge on any atom is -0.343 e. The molecule has 0 saturated heterocycles. The summed E-state index contributed by atoms with van der Waals surface area (Å²) in [6.07, 6.45) is 1.47. The van der Waals surface area contributed by atoms with Gasteiger partial charge in [-0.15, -0.1) is 22.7 Å². The molecule has 1 aliphatic heterocycles. The molecule has 0 radical (unpaired) electrons. The summed E-state index contributed by atoms with van der Waals surface area (Å²) >= 11 is 2.66. The first kappa shape index (κ1) is 20.6. The summed E-state index contributed by atoms with van der Waals surface area (Å²) < 4.78 is 27.7. The molecule has 1 aliphatic rings. The lowest BCUT2D eigenvalue weighted by Gasteiger charge is -2.30. The number of sulfonamides is 1. The van der Waals surface area contributed by atoms with Gasteiger partial charge in [0.1, 0.15) is 4.21 Å². The number of carbonyl (C=O) groups is 2. The second-order valence-electron chi connectivity index (χ2n) is 6.67. The second-order valence-corrected chi connectivity index (χ2v) is 10.7. The molecule has 3 aromatic rings. The summed E-state index contributed by atoms with van der Waals surface area (Å²) in [5.41, 5.74) is 1.80. The molecule has 2 amide bonds. The average molecular weight is 462 g/mol. The van der Waals surface area contributed by atoms with E-state index in [4.69, 9.17) is 0 Å². The van der Waals surface area contributed by atoms with Crippen LogP contribution in [0.3, 0.4) is 0 Å². The fraction of sp³-hybridized carbons (Fsp3) is 0.200. The first-order chi connectivity index (χ1) is 14.4. The third kappa shape index (κ3) is 4.25. The fourth-order valence-corrected chi connectivity index (χ4v) is 6.52. The number of amides is 2. The lowest BCUT2D eigenvalue weighted by Crippen LogP contribution is -2.36. The number of nitrogens with one attached hydrogen (secondary N) is 2. The van der Waals surface area contributed by atoms with Crippen LogP contribution in [-0.4, -0.2) is 26.8 Å². The SMILES string of the molecule is O=C(NCc1cccs1)C(=O)Nc1ccc2c(c1)N(S(=O)(=O)c1cccs1)CCC2. The van der Waals surface area contributed by atoms with Gasteiger partial charge < -0.3 is 10.6 Å². The maximum Gasteiger partial charge on any atom is 0.313 e. The van der Waals surface area contributed by atoms with Crippen LogP contribution in [0.4, 0.5) is 11.4 Å². The normalized spacial score (nSPS) is 13.5. The topological polar surface area (TPSA) is 95.6 Å². The summed E-state index contributed by atoms with van der Waals surface area (Å²) in [5, 5.41) is 8.75. The number of hydrogen-bond acceptors (Lipinski definition) is 6. The Balaban J connectivity index is 1.51. The van der Waals surface area contributed by atoms with Gasteiger partial charge >= 0.3 is 11.8 Å². The highest BCUT2D eigenvalue weighted by molar-refractivity contribution is 7.94. The van der Waals surface area contributed by atoms with E-state index in [1.807, 2.05) is 17.5 Å². The predicted molar refractivity (Wildman–Crippen MR) is 118 cm³/mol. The van der Waals surface area contributed by atoms with Crippen molar-refractivity contribution in [2.45, 2.75) is 23.6 Å². The van der Waals surface area contributed by atoms with Crippen molar-refractivity contribution in [2.24, 2.45) is 0 Å². The molecule has 0 spiro atoms. The molecule has 3 heterocycles. The van der Waals surface area contributed by atoms with Crippen LogP contribution in [0.5, 0.6) is 0 Å². The highest BCUT2D eigenvalue weighted by Crippen LogP contribution is 2.35. The largest absolute Gasteiger partial charge is 0.343 e. The third-order valence-corrected chi connectivity index (χ3v) is 8.73. The van der Waals surface area contributed by atoms with Crippen molar-refractivity contribution in [2.75, 3.05) is 16.2 Å². The molecule has 2 aromatic heterocycles. The van der Waals surface area contributed by atoms with E-state index in [0.29, 0.717) is 24.3 Å². The summed E-state index contributed by atoms with van der Waals surface area (Å²) in [7, 11) is -3.67. The number of fused-ring (bicyclic) bond motifs is 1. The van der Waals surface area contributed by atoms with Gasteiger partial charge in [-0.05, 0) is 53.4 Å². The van der Waals surface area contributed by atoms with E-state index in [2.05, 4.69) is 10.6 Å². The van der Waals surface area contributed by atoms with Gasteiger partial charge in [-0.1, -0.05) is 18.2 Å². The van der Waals surface area contributed by atoms with Crippen molar-refractivity contribution in [3.05, 3.63) is 63.7 Å². The zero-order valence-corrected chi connectivity index (χ0v) is 18.3. The zero-order valence-electron chi connectivity index (χ0n) is 15.8. The molecular weight excluding hydrogens is 442 g/mol. The molecule has 1 aromatic carbocycles. The van der Waals surface area contributed by atoms with Crippen LogP contribution in [0, 0.1) is 0 Å². The van der Waals surface area contributed by atoms with E-state index in [-0.39, 0.29) is 10.8 Å². The average Bonchev–Trinajstić information content (AvgIpc) is 3.45. The minimum absolute atomic E-state index is 0.276. The third-order valence-electron chi connectivity index (χ3n) is 4.67. The van der Waals surface area contributed by atoms with Gasteiger partial charge in [0.2, 0.25) is 0 Å². The van der Waals surface area contributed by atoms with Crippen molar-refractivity contribution in [3.63, 3.8) is 0 Å². The molecule has 0 bridgehead atoms. The van der Waals surface area contributed by atoms with E-state index in [0.717, 1.165) is 16.9 Å². The van der Waals surface area contributed by atoms with Crippen LogP contribution in [-0.2, 0) is 32.6 Å². The minimum atomic E-state index is -3.67. The lowest BCUT2D eigenvalue weighted by molar-refractivity contribution is -0.136.